The van der Waals surface area contributed by atoms with Crippen molar-refractivity contribution in [3.8, 4) is 0 Å². The van der Waals surface area contributed by atoms with E-state index in [2.05, 4.69) is 27.9 Å². The Bertz CT molecular complexity index is 427. The van der Waals surface area contributed by atoms with E-state index in [4.69, 9.17) is 4.74 Å². The van der Waals surface area contributed by atoms with E-state index < -0.39 is 0 Å². The van der Waals surface area contributed by atoms with Crippen LogP contribution in [0.2, 0.25) is 0 Å². The van der Waals surface area contributed by atoms with Gasteiger partial charge in [-0.25, -0.2) is 0 Å². The largest absolute Gasteiger partial charge is 0.377 e. The van der Waals surface area contributed by atoms with Gasteiger partial charge in [0, 0.05) is 29.6 Å². The minimum Gasteiger partial charge on any atom is -0.377 e. The number of rotatable bonds is 7. The maximum absolute atomic E-state index is 12.0. The third kappa shape index (κ3) is 5.00. The fourth-order valence-corrected chi connectivity index (χ4v) is 2.78. The van der Waals surface area contributed by atoms with Crippen LogP contribution in [0.4, 0.5) is 0 Å². The van der Waals surface area contributed by atoms with Crippen molar-refractivity contribution in [1.29, 1.82) is 0 Å². The van der Waals surface area contributed by atoms with Crippen LogP contribution in [0.25, 0.3) is 0 Å². The Kier molecular flexibility index (Phi) is 6.20. The Labute approximate surface area is 129 Å². The van der Waals surface area contributed by atoms with E-state index in [9.17, 15) is 4.79 Å². The van der Waals surface area contributed by atoms with E-state index in [0.29, 0.717) is 12.5 Å². The second-order valence-electron chi connectivity index (χ2n) is 5.43. The van der Waals surface area contributed by atoms with Gasteiger partial charge in [0.1, 0.15) is 0 Å². The van der Waals surface area contributed by atoms with E-state index >= 15 is 0 Å². The van der Waals surface area contributed by atoms with Crippen LogP contribution in [-0.2, 0) is 4.74 Å². The fourth-order valence-electron chi connectivity index (χ4n) is 2.52. The third-order valence-corrected chi connectivity index (χ3v) is 4.18. The van der Waals surface area contributed by atoms with Crippen molar-refractivity contribution < 1.29 is 9.53 Å². The van der Waals surface area contributed by atoms with Gasteiger partial charge in [-0.1, -0.05) is 28.1 Å². The molecule has 1 aliphatic rings. The van der Waals surface area contributed by atoms with Gasteiger partial charge in [0.15, 0.2) is 5.78 Å². The zero-order valence-electron chi connectivity index (χ0n) is 12.0. The molecule has 3 nitrogen and oxygen atoms in total. The summed E-state index contributed by atoms with van der Waals surface area (Å²) in [6, 6.07) is 7.58. The number of carbonyl (C=O) groups excluding carboxylic acids is 1. The molecular formula is C16H22BrNO2. The first-order chi connectivity index (χ1) is 9.65. The monoisotopic (exact) mass is 339 g/mol. The zero-order valence-corrected chi connectivity index (χ0v) is 13.6. The Morgan fingerprint density at radius 1 is 1.40 bits per heavy atom. The number of hydrogen-bond acceptors (Lipinski definition) is 3. The van der Waals surface area contributed by atoms with Crippen LogP contribution < -0.4 is 0 Å². The van der Waals surface area contributed by atoms with E-state index in [1.54, 1.807) is 0 Å². The van der Waals surface area contributed by atoms with E-state index in [1.165, 1.54) is 12.8 Å². The average molecular weight is 340 g/mol. The molecule has 0 aromatic heterocycles. The van der Waals surface area contributed by atoms with Crippen molar-refractivity contribution in [3.63, 3.8) is 0 Å². The maximum Gasteiger partial charge on any atom is 0.162 e. The van der Waals surface area contributed by atoms with Crippen LogP contribution in [0.3, 0.4) is 0 Å². The quantitative estimate of drug-likeness (QED) is 0.712. The summed E-state index contributed by atoms with van der Waals surface area (Å²) < 4.78 is 6.62. The Morgan fingerprint density at radius 3 is 2.80 bits per heavy atom. The van der Waals surface area contributed by atoms with Crippen LogP contribution in [0, 0.1) is 0 Å². The molecule has 1 heterocycles. The normalized spacial score (nSPS) is 18.6. The lowest BCUT2D eigenvalue weighted by atomic mass is 10.1. The first kappa shape index (κ1) is 15.7. The first-order valence-corrected chi connectivity index (χ1v) is 8.03. The molecule has 0 saturated carbocycles. The van der Waals surface area contributed by atoms with Crippen molar-refractivity contribution in [3.05, 3.63) is 34.3 Å². The summed E-state index contributed by atoms with van der Waals surface area (Å²) in [7, 11) is 2.10. The molecule has 1 aromatic carbocycles. The number of likely N-dealkylation sites (N-methyl/N-ethyl adjacent to an activating group) is 1. The Balaban J connectivity index is 1.66. The molecule has 2 rings (SSSR count). The Morgan fingerprint density at radius 2 is 2.15 bits per heavy atom. The van der Waals surface area contributed by atoms with Crippen molar-refractivity contribution in [2.24, 2.45) is 0 Å². The van der Waals surface area contributed by atoms with Gasteiger partial charge < -0.3 is 9.64 Å². The van der Waals surface area contributed by atoms with Crippen LogP contribution in [0.1, 0.15) is 36.0 Å². The molecule has 1 aromatic rings. The molecule has 20 heavy (non-hydrogen) atoms. The zero-order chi connectivity index (χ0) is 14.4. The summed E-state index contributed by atoms with van der Waals surface area (Å²) in [5.41, 5.74) is 0.801. The average Bonchev–Trinajstić information content (AvgIpc) is 2.92. The number of nitrogens with zero attached hydrogens (tertiary/aromatic N) is 1. The highest BCUT2D eigenvalue weighted by Gasteiger charge is 2.17. The van der Waals surface area contributed by atoms with Gasteiger partial charge in [-0.05, 0) is 45.0 Å². The van der Waals surface area contributed by atoms with Crippen LogP contribution >= 0.6 is 15.9 Å². The predicted molar refractivity (Wildman–Crippen MR) is 84.2 cm³/mol. The standard InChI is InChI=1S/C16H22BrNO2/c1-18(12-15-4-3-11-20-15)10-2-5-16(19)13-6-8-14(17)9-7-13/h6-9,15H,2-5,10-12H2,1H3. The molecule has 110 valence electrons. The van der Waals surface area contributed by atoms with E-state index in [-0.39, 0.29) is 5.78 Å². The van der Waals surface area contributed by atoms with Gasteiger partial charge in [-0.2, -0.15) is 0 Å². The number of carbonyl (C=O) groups is 1. The summed E-state index contributed by atoms with van der Waals surface area (Å²) >= 11 is 3.38. The van der Waals surface area contributed by atoms with Crippen LogP contribution in [0.15, 0.2) is 28.7 Å². The van der Waals surface area contributed by atoms with Crippen molar-refractivity contribution in [2.45, 2.75) is 31.8 Å². The van der Waals surface area contributed by atoms with E-state index in [0.717, 1.165) is 36.2 Å². The van der Waals surface area contributed by atoms with Crippen molar-refractivity contribution in [1.82, 2.24) is 4.90 Å². The number of hydrogen-bond donors (Lipinski definition) is 0. The van der Waals surface area contributed by atoms with Gasteiger partial charge in [0.2, 0.25) is 0 Å². The van der Waals surface area contributed by atoms with Crippen molar-refractivity contribution >= 4 is 21.7 Å². The van der Waals surface area contributed by atoms with Gasteiger partial charge in [-0.3, -0.25) is 4.79 Å². The molecule has 1 saturated heterocycles. The minimum absolute atomic E-state index is 0.225. The molecule has 1 atom stereocenters. The molecule has 4 heteroatoms. The van der Waals surface area contributed by atoms with E-state index in [1.807, 2.05) is 24.3 Å². The highest BCUT2D eigenvalue weighted by molar-refractivity contribution is 9.10. The molecule has 0 amide bonds. The molecule has 0 aliphatic carbocycles. The number of ketones is 1. The summed E-state index contributed by atoms with van der Waals surface area (Å²) in [4.78, 5) is 14.3. The fraction of sp³-hybridized carbons (Fsp3) is 0.562. The van der Waals surface area contributed by atoms with Gasteiger partial charge in [0.05, 0.1) is 6.10 Å². The molecule has 0 N–H and O–H groups in total. The topological polar surface area (TPSA) is 29.5 Å². The summed E-state index contributed by atoms with van der Waals surface area (Å²) in [6.07, 6.45) is 4.25. The predicted octanol–water partition coefficient (Wildman–Crippen LogP) is 3.52. The molecule has 0 radical (unpaired) electrons. The second kappa shape index (κ2) is 7.91. The molecule has 0 spiro atoms. The van der Waals surface area contributed by atoms with Crippen LogP contribution in [-0.4, -0.2) is 43.5 Å². The first-order valence-electron chi connectivity index (χ1n) is 7.24. The van der Waals surface area contributed by atoms with Gasteiger partial charge in [0.25, 0.3) is 0 Å². The van der Waals surface area contributed by atoms with Gasteiger partial charge in [-0.15, -0.1) is 0 Å². The lowest BCUT2D eigenvalue weighted by Crippen LogP contribution is -2.29. The molecular weight excluding hydrogens is 318 g/mol. The smallest absolute Gasteiger partial charge is 0.162 e. The molecule has 1 aliphatic heterocycles. The summed E-state index contributed by atoms with van der Waals surface area (Å²) in [6.45, 7) is 2.83. The highest BCUT2D eigenvalue weighted by atomic mass is 79.9. The number of Topliss-reactive ketones (excluding diaryl/α,β-unsaturated/α-hetero) is 1. The summed E-state index contributed by atoms with van der Waals surface area (Å²) in [5.74, 6) is 0.225. The second-order valence-corrected chi connectivity index (χ2v) is 6.35. The van der Waals surface area contributed by atoms with Crippen LogP contribution in [0.5, 0.6) is 0 Å². The lowest BCUT2D eigenvalue weighted by Gasteiger charge is -2.20. The van der Waals surface area contributed by atoms with Crippen molar-refractivity contribution in [2.75, 3.05) is 26.7 Å². The number of halogens is 1. The number of benzene rings is 1. The minimum atomic E-state index is 0.225. The number of ether oxygens (including phenoxy) is 1. The molecule has 1 unspecified atom stereocenters. The lowest BCUT2D eigenvalue weighted by molar-refractivity contribution is 0.0800. The highest BCUT2D eigenvalue weighted by Crippen LogP contribution is 2.14. The maximum atomic E-state index is 12.0. The SMILES string of the molecule is CN(CCCC(=O)c1ccc(Br)cc1)CC1CCCO1. The molecule has 0 bridgehead atoms. The Hall–Kier alpha value is -0.710. The molecule has 1 fully saturated rings. The summed E-state index contributed by atoms with van der Waals surface area (Å²) in [5, 5.41) is 0. The van der Waals surface area contributed by atoms with Gasteiger partial charge >= 0.3 is 0 Å². The third-order valence-electron chi connectivity index (χ3n) is 3.65.